The molecule has 2 heterocycles. The number of hydrogen-bond donors (Lipinski definition) is 1. The number of anilines is 1. The Balaban J connectivity index is 1.44. The number of halogens is 1. The van der Waals surface area contributed by atoms with E-state index in [9.17, 15) is 9.59 Å². The Bertz CT molecular complexity index is 1260. The molecule has 0 saturated heterocycles. The molecule has 3 aromatic carbocycles. The van der Waals surface area contributed by atoms with Gasteiger partial charge in [-0.1, -0.05) is 54.1 Å². The number of carboxylic acid groups (broad SMARTS) is 1. The number of benzene rings is 3. The monoisotopic (exact) mass is 490 g/mol. The van der Waals surface area contributed by atoms with Crippen LogP contribution in [0.4, 0.5) is 5.69 Å². The van der Waals surface area contributed by atoms with Crippen LogP contribution in [0.2, 0.25) is 5.02 Å². The third-order valence-corrected chi connectivity index (χ3v) is 7.04. The van der Waals surface area contributed by atoms with Gasteiger partial charge in [0.15, 0.2) is 6.61 Å². The lowest BCUT2D eigenvalue weighted by Gasteiger charge is -2.38. The molecule has 7 heteroatoms. The fraction of sp³-hybridized carbons (Fsp3) is 0.286. The van der Waals surface area contributed by atoms with E-state index in [4.69, 9.17) is 21.4 Å². The van der Waals surface area contributed by atoms with Crippen molar-refractivity contribution in [3.63, 3.8) is 0 Å². The molecule has 1 atom stereocenters. The highest BCUT2D eigenvalue weighted by molar-refractivity contribution is 6.30. The zero-order chi connectivity index (χ0) is 24.4. The second-order valence-corrected chi connectivity index (χ2v) is 9.36. The number of carboxylic acids is 1. The molecule has 0 aromatic heterocycles. The molecule has 3 aromatic rings. The first-order valence-corrected chi connectivity index (χ1v) is 12.2. The number of hydrogen-bond acceptors (Lipinski definition) is 4. The van der Waals surface area contributed by atoms with Crippen LogP contribution in [-0.4, -0.2) is 48.1 Å². The number of para-hydroxylation sites is 1. The van der Waals surface area contributed by atoms with Crippen LogP contribution < -0.4 is 9.64 Å². The Morgan fingerprint density at radius 2 is 1.69 bits per heavy atom. The fourth-order valence-electron chi connectivity index (χ4n) is 5.19. The van der Waals surface area contributed by atoms with Gasteiger partial charge in [0.2, 0.25) is 5.91 Å². The van der Waals surface area contributed by atoms with Crippen molar-refractivity contribution in [3.05, 3.63) is 94.0 Å². The van der Waals surface area contributed by atoms with Crippen LogP contribution in [0.1, 0.15) is 34.7 Å². The molecular weight excluding hydrogens is 464 g/mol. The minimum absolute atomic E-state index is 0.0537. The molecule has 35 heavy (non-hydrogen) atoms. The summed E-state index contributed by atoms with van der Waals surface area (Å²) in [5, 5.41) is 9.66. The van der Waals surface area contributed by atoms with Crippen molar-refractivity contribution in [2.24, 2.45) is 0 Å². The largest absolute Gasteiger partial charge is 0.482 e. The minimum atomic E-state index is -1.06. The van der Waals surface area contributed by atoms with Gasteiger partial charge >= 0.3 is 5.97 Å². The third-order valence-electron chi connectivity index (χ3n) is 6.80. The SMILES string of the molecule is O=C(O)COc1ccc(Cl)cc1C1c2ccccc2CCN1C(=O)CCN1CCc2ccccc21. The van der Waals surface area contributed by atoms with Gasteiger partial charge in [-0.15, -0.1) is 0 Å². The van der Waals surface area contributed by atoms with Gasteiger partial charge in [-0.3, -0.25) is 4.79 Å². The molecule has 2 aliphatic heterocycles. The molecule has 0 radical (unpaired) electrons. The number of rotatable bonds is 7. The van der Waals surface area contributed by atoms with Gasteiger partial charge in [0.25, 0.3) is 0 Å². The lowest BCUT2D eigenvalue weighted by atomic mass is 9.87. The molecule has 180 valence electrons. The van der Waals surface area contributed by atoms with Crippen LogP contribution in [-0.2, 0) is 22.4 Å². The Kier molecular flexibility index (Phi) is 6.64. The van der Waals surface area contributed by atoms with Gasteiger partial charge in [-0.2, -0.15) is 0 Å². The summed E-state index contributed by atoms with van der Waals surface area (Å²) in [5.41, 5.74) is 5.41. The van der Waals surface area contributed by atoms with Gasteiger partial charge in [0.05, 0.1) is 6.04 Å². The Morgan fingerprint density at radius 3 is 2.51 bits per heavy atom. The third kappa shape index (κ3) is 4.84. The van der Waals surface area contributed by atoms with E-state index in [1.165, 1.54) is 16.8 Å². The van der Waals surface area contributed by atoms with Crippen molar-refractivity contribution in [1.82, 2.24) is 4.90 Å². The van der Waals surface area contributed by atoms with E-state index >= 15 is 0 Å². The summed E-state index contributed by atoms with van der Waals surface area (Å²) >= 11 is 6.37. The Hall–Kier alpha value is -3.51. The molecule has 1 unspecified atom stereocenters. The van der Waals surface area contributed by atoms with Crippen molar-refractivity contribution in [2.75, 3.05) is 31.1 Å². The predicted molar refractivity (Wildman–Crippen MR) is 135 cm³/mol. The number of carbonyl (C=O) groups excluding carboxylic acids is 1. The quantitative estimate of drug-likeness (QED) is 0.518. The van der Waals surface area contributed by atoms with Crippen molar-refractivity contribution < 1.29 is 19.4 Å². The maximum Gasteiger partial charge on any atom is 0.341 e. The summed E-state index contributed by atoms with van der Waals surface area (Å²) in [7, 11) is 0. The Labute approximate surface area is 209 Å². The zero-order valence-corrected chi connectivity index (χ0v) is 20.1. The molecule has 6 nitrogen and oxygen atoms in total. The molecule has 1 N–H and O–H groups in total. The molecule has 0 aliphatic carbocycles. The molecule has 0 spiro atoms. The van der Waals surface area contributed by atoms with Gasteiger partial charge in [0.1, 0.15) is 5.75 Å². The molecule has 0 fully saturated rings. The molecule has 0 bridgehead atoms. The maximum atomic E-state index is 13.7. The van der Waals surface area contributed by atoms with E-state index in [0.29, 0.717) is 35.8 Å². The van der Waals surface area contributed by atoms with Crippen molar-refractivity contribution in [1.29, 1.82) is 0 Å². The summed E-state index contributed by atoms with van der Waals surface area (Å²) in [6.07, 6.45) is 2.15. The zero-order valence-electron chi connectivity index (χ0n) is 19.3. The standard InChI is InChI=1S/C28H27ClN2O4/c29-21-9-10-25(35-18-27(33)34)23(17-21)28-22-7-3-1-5-19(22)12-16-31(28)26(32)13-15-30-14-11-20-6-2-4-8-24(20)30/h1-10,17,28H,11-16,18H2,(H,33,34). The van der Waals surface area contributed by atoms with E-state index in [1.54, 1.807) is 18.2 Å². The summed E-state index contributed by atoms with van der Waals surface area (Å²) in [6, 6.07) is 21.1. The van der Waals surface area contributed by atoms with E-state index < -0.39 is 18.6 Å². The number of aliphatic carboxylic acids is 1. The van der Waals surface area contributed by atoms with Crippen LogP contribution in [0.3, 0.4) is 0 Å². The first-order valence-electron chi connectivity index (χ1n) is 11.9. The van der Waals surface area contributed by atoms with Crippen LogP contribution in [0.5, 0.6) is 5.75 Å². The average Bonchev–Trinajstić information content (AvgIpc) is 3.29. The Morgan fingerprint density at radius 1 is 0.943 bits per heavy atom. The molecule has 0 saturated carbocycles. The second-order valence-electron chi connectivity index (χ2n) is 8.92. The van der Waals surface area contributed by atoms with E-state index in [1.807, 2.05) is 29.2 Å². The fourth-order valence-corrected chi connectivity index (χ4v) is 5.37. The highest BCUT2D eigenvalue weighted by Crippen LogP contribution is 2.41. The van der Waals surface area contributed by atoms with E-state index in [0.717, 1.165) is 24.9 Å². The first-order chi connectivity index (χ1) is 17.0. The van der Waals surface area contributed by atoms with Crippen molar-refractivity contribution in [3.8, 4) is 5.75 Å². The summed E-state index contributed by atoms with van der Waals surface area (Å²) in [6.45, 7) is 1.67. The number of carbonyl (C=O) groups is 2. The summed E-state index contributed by atoms with van der Waals surface area (Å²) < 4.78 is 5.63. The second kappa shape index (κ2) is 10.0. The van der Waals surface area contributed by atoms with Gasteiger partial charge in [-0.25, -0.2) is 4.79 Å². The highest BCUT2D eigenvalue weighted by Gasteiger charge is 2.34. The van der Waals surface area contributed by atoms with Gasteiger partial charge in [0, 0.05) is 42.3 Å². The summed E-state index contributed by atoms with van der Waals surface area (Å²) in [4.78, 5) is 29.0. The molecule has 1 amide bonds. The van der Waals surface area contributed by atoms with Crippen molar-refractivity contribution in [2.45, 2.75) is 25.3 Å². The van der Waals surface area contributed by atoms with E-state index in [2.05, 4.69) is 29.2 Å². The maximum absolute atomic E-state index is 13.7. The molecule has 5 rings (SSSR count). The van der Waals surface area contributed by atoms with Crippen LogP contribution >= 0.6 is 11.6 Å². The van der Waals surface area contributed by atoms with Crippen LogP contribution in [0.15, 0.2) is 66.7 Å². The van der Waals surface area contributed by atoms with Gasteiger partial charge < -0.3 is 19.6 Å². The number of nitrogens with zero attached hydrogens (tertiary/aromatic N) is 2. The van der Waals surface area contributed by atoms with Gasteiger partial charge in [-0.05, 0) is 53.8 Å². The molecular formula is C28H27ClN2O4. The average molecular weight is 491 g/mol. The van der Waals surface area contributed by atoms with Crippen LogP contribution in [0, 0.1) is 0 Å². The molecule has 2 aliphatic rings. The normalized spacial score (nSPS) is 16.5. The minimum Gasteiger partial charge on any atom is -0.482 e. The predicted octanol–water partition coefficient (Wildman–Crippen LogP) is 4.73. The smallest absolute Gasteiger partial charge is 0.341 e. The van der Waals surface area contributed by atoms with Crippen molar-refractivity contribution >= 4 is 29.2 Å². The number of fused-ring (bicyclic) bond motifs is 2. The summed E-state index contributed by atoms with van der Waals surface area (Å²) in [5.74, 6) is -0.586. The number of amides is 1. The van der Waals surface area contributed by atoms with Crippen LogP contribution in [0.25, 0.3) is 0 Å². The highest BCUT2D eigenvalue weighted by atomic mass is 35.5. The lowest BCUT2D eigenvalue weighted by molar-refractivity contribution is -0.139. The topological polar surface area (TPSA) is 70.1 Å². The number of ether oxygens (including phenoxy) is 1. The lowest BCUT2D eigenvalue weighted by Crippen LogP contribution is -2.42. The van der Waals surface area contributed by atoms with E-state index in [-0.39, 0.29) is 5.91 Å². The first kappa shape index (κ1) is 23.2.